The molecule has 27 heavy (non-hydrogen) atoms. The van der Waals surface area contributed by atoms with Crippen molar-refractivity contribution in [2.45, 2.75) is 44.8 Å². The average molecular weight is 437 g/mol. The smallest absolute Gasteiger partial charge is 0.346 e. The van der Waals surface area contributed by atoms with Crippen molar-refractivity contribution in [2.75, 3.05) is 7.11 Å². The number of hydrogen-bond acceptors (Lipinski definition) is 5. The number of ether oxygens (including phenoxy) is 1. The van der Waals surface area contributed by atoms with Crippen LogP contribution in [0.3, 0.4) is 0 Å². The largest absolute Gasteiger partial charge is 0.467 e. The summed E-state index contributed by atoms with van der Waals surface area (Å²) in [6, 6.07) is 6.03. The topological polar surface area (TPSA) is 95.2 Å². The number of nitrogens with one attached hydrogen (secondary N) is 1. The number of halogens is 1. The number of rotatable bonds is 5. The summed E-state index contributed by atoms with van der Waals surface area (Å²) in [7, 11) is 1.26. The maximum Gasteiger partial charge on any atom is 0.346 e. The number of amides is 1. The van der Waals surface area contributed by atoms with Crippen LogP contribution in [0.15, 0.2) is 33.5 Å². The van der Waals surface area contributed by atoms with Gasteiger partial charge in [0.1, 0.15) is 12.4 Å². The Balaban J connectivity index is 1.76. The molecule has 1 aromatic carbocycles. The van der Waals surface area contributed by atoms with E-state index in [4.69, 9.17) is 4.74 Å². The van der Waals surface area contributed by atoms with Crippen molar-refractivity contribution in [1.82, 2.24) is 19.7 Å². The van der Waals surface area contributed by atoms with Gasteiger partial charge in [0, 0.05) is 17.4 Å². The fraction of sp³-hybridized carbons (Fsp3) is 0.444. The van der Waals surface area contributed by atoms with Gasteiger partial charge in [0.2, 0.25) is 5.91 Å². The average Bonchev–Trinajstić information content (AvgIpc) is 2.83. The van der Waals surface area contributed by atoms with Crippen molar-refractivity contribution < 1.29 is 14.3 Å². The first kappa shape index (κ1) is 19.3. The first-order chi connectivity index (χ1) is 13.0. The summed E-state index contributed by atoms with van der Waals surface area (Å²) in [6.07, 6.45) is 3.71. The first-order valence-electron chi connectivity index (χ1n) is 8.79. The first-order valence-corrected chi connectivity index (χ1v) is 9.58. The van der Waals surface area contributed by atoms with E-state index in [1.54, 1.807) is 28.8 Å². The number of benzene rings is 1. The summed E-state index contributed by atoms with van der Waals surface area (Å²) >= 11 is 3.33. The van der Waals surface area contributed by atoms with Crippen LogP contribution in [0.4, 0.5) is 0 Å². The Hall–Kier alpha value is -2.42. The van der Waals surface area contributed by atoms with E-state index in [1.165, 1.54) is 7.11 Å². The third kappa shape index (κ3) is 4.47. The SMILES string of the molecule is COC(=O)C(NC(=O)Cn1nc2n(c1=O)CCCCC2)c1ccc(Br)cc1. The van der Waals surface area contributed by atoms with Crippen LogP contribution in [0, 0.1) is 0 Å². The Morgan fingerprint density at radius 1 is 1.26 bits per heavy atom. The number of nitrogens with zero attached hydrogens (tertiary/aromatic N) is 3. The lowest BCUT2D eigenvalue weighted by Crippen LogP contribution is -2.39. The normalized spacial score (nSPS) is 14.7. The Bertz CT molecular complexity index is 888. The highest BCUT2D eigenvalue weighted by Gasteiger charge is 2.25. The zero-order chi connectivity index (χ0) is 19.4. The van der Waals surface area contributed by atoms with E-state index in [0.717, 1.165) is 34.8 Å². The van der Waals surface area contributed by atoms with Gasteiger partial charge in [-0.2, -0.15) is 5.10 Å². The van der Waals surface area contributed by atoms with Crippen LogP contribution in [0.25, 0.3) is 0 Å². The van der Waals surface area contributed by atoms with Gasteiger partial charge in [-0.25, -0.2) is 14.3 Å². The molecule has 3 rings (SSSR count). The molecule has 1 aliphatic heterocycles. The molecule has 0 saturated carbocycles. The zero-order valence-electron chi connectivity index (χ0n) is 15.0. The van der Waals surface area contributed by atoms with Crippen LogP contribution >= 0.6 is 15.9 Å². The minimum absolute atomic E-state index is 0.247. The van der Waals surface area contributed by atoms with Crippen molar-refractivity contribution in [3.05, 3.63) is 50.6 Å². The predicted molar refractivity (Wildman–Crippen MR) is 101 cm³/mol. The number of hydrogen-bond donors (Lipinski definition) is 1. The van der Waals surface area contributed by atoms with E-state index >= 15 is 0 Å². The molecule has 1 aliphatic rings. The number of aryl methyl sites for hydroxylation is 1. The van der Waals surface area contributed by atoms with Gasteiger partial charge in [-0.15, -0.1) is 0 Å². The number of aromatic nitrogens is 3. The fourth-order valence-electron chi connectivity index (χ4n) is 3.12. The van der Waals surface area contributed by atoms with E-state index in [9.17, 15) is 14.4 Å². The molecule has 1 atom stereocenters. The van der Waals surface area contributed by atoms with Gasteiger partial charge in [0.25, 0.3) is 0 Å². The molecule has 0 fully saturated rings. The molecule has 0 spiro atoms. The van der Waals surface area contributed by atoms with Crippen molar-refractivity contribution in [3.63, 3.8) is 0 Å². The highest BCUT2D eigenvalue weighted by atomic mass is 79.9. The molecule has 0 aliphatic carbocycles. The van der Waals surface area contributed by atoms with Crippen molar-refractivity contribution in [2.24, 2.45) is 0 Å². The van der Waals surface area contributed by atoms with E-state index in [-0.39, 0.29) is 12.2 Å². The van der Waals surface area contributed by atoms with Gasteiger partial charge < -0.3 is 10.1 Å². The van der Waals surface area contributed by atoms with Crippen molar-refractivity contribution in [3.8, 4) is 0 Å². The number of carbonyl (C=O) groups is 2. The molecule has 0 saturated heterocycles. The van der Waals surface area contributed by atoms with Gasteiger partial charge in [0.05, 0.1) is 7.11 Å². The molecule has 1 unspecified atom stereocenters. The Kier molecular flexibility index (Phi) is 6.10. The van der Waals surface area contributed by atoms with Gasteiger partial charge in [-0.1, -0.05) is 34.5 Å². The van der Waals surface area contributed by atoms with E-state index in [0.29, 0.717) is 17.9 Å². The van der Waals surface area contributed by atoms with E-state index in [2.05, 4.69) is 26.3 Å². The van der Waals surface area contributed by atoms with Crippen molar-refractivity contribution in [1.29, 1.82) is 0 Å². The number of fused-ring (bicyclic) bond motifs is 1. The maximum absolute atomic E-state index is 12.5. The summed E-state index contributed by atoms with van der Waals surface area (Å²) in [4.78, 5) is 37.1. The third-order valence-corrected chi connectivity index (χ3v) is 5.05. The lowest BCUT2D eigenvalue weighted by atomic mass is 10.1. The highest BCUT2D eigenvalue weighted by molar-refractivity contribution is 9.10. The van der Waals surface area contributed by atoms with Gasteiger partial charge in [-0.3, -0.25) is 9.36 Å². The summed E-state index contributed by atoms with van der Waals surface area (Å²) in [5.74, 6) is -0.356. The number of methoxy groups -OCH3 is 1. The van der Waals surface area contributed by atoms with Crippen LogP contribution in [0.5, 0.6) is 0 Å². The van der Waals surface area contributed by atoms with Crippen LogP contribution < -0.4 is 11.0 Å². The summed E-state index contributed by atoms with van der Waals surface area (Å²) in [6.45, 7) is 0.377. The third-order valence-electron chi connectivity index (χ3n) is 4.52. The zero-order valence-corrected chi connectivity index (χ0v) is 16.6. The second-order valence-electron chi connectivity index (χ2n) is 6.39. The Morgan fingerprint density at radius 3 is 2.70 bits per heavy atom. The van der Waals surface area contributed by atoms with Gasteiger partial charge in [0.15, 0.2) is 6.04 Å². The minimum atomic E-state index is -0.952. The van der Waals surface area contributed by atoms with E-state index < -0.39 is 17.9 Å². The summed E-state index contributed by atoms with van der Waals surface area (Å²) < 4.78 is 8.44. The molecule has 9 heteroatoms. The van der Waals surface area contributed by atoms with Gasteiger partial charge in [-0.05, 0) is 30.5 Å². The maximum atomic E-state index is 12.5. The molecule has 2 heterocycles. The van der Waals surface area contributed by atoms with Crippen molar-refractivity contribution >= 4 is 27.8 Å². The van der Waals surface area contributed by atoms with Crippen LogP contribution in [0.2, 0.25) is 0 Å². The van der Waals surface area contributed by atoms with Crippen LogP contribution in [-0.4, -0.2) is 33.3 Å². The van der Waals surface area contributed by atoms with Gasteiger partial charge >= 0.3 is 11.7 Å². The Labute approximate surface area is 164 Å². The molecular formula is C18H21BrN4O4. The highest BCUT2D eigenvalue weighted by Crippen LogP contribution is 2.18. The lowest BCUT2D eigenvalue weighted by Gasteiger charge is -2.17. The lowest BCUT2D eigenvalue weighted by molar-refractivity contribution is -0.145. The van der Waals surface area contributed by atoms with Crippen LogP contribution in [0.1, 0.15) is 36.7 Å². The number of esters is 1. The van der Waals surface area contributed by atoms with E-state index in [1.807, 2.05) is 0 Å². The molecule has 0 radical (unpaired) electrons. The predicted octanol–water partition coefficient (Wildman–Crippen LogP) is 1.56. The molecule has 2 aromatic rings. The fourth-order valence-corrected chi connectivity index (χ4v) is 3.39. The standard InChI is InChI=1S/C18H21BrN4O4/c1-27-17(25)16(12-6-8-13(19)9-7-12)20-15(24)11-23-18(26)22-10-4-2-3-5-14(22)21-23/h6-9,16H,2-5,10-11H2,1H3,(H,20,24). The number of carbonyl (C=O) groups excluding carboxylic acids is 2. The molecule has 1 N–H and O–H groups in total. The second kappa shape index (κ2) is 8.51. The molecule has 0 bridgehead atoms. The molecule has 1 aromatic heterocycles. The molecular weight excluding hydrogens is 416 g/mol. The monoisotopic (exact) mass is 436 g/mol. The molecule has 1 amide bonds. The molecule has 8 nitrogen and oxygen atoms in total. The summed E-state index contributed by atoms with van der Waals surface area (Å²) in [5, 5.41) is 6.92. The second-order valence-corrected chi connectivity index (χ2v) is 7.31. The van der Waals surface area contributed by atoms with Crippen LogP contribution in [-0.2, 0) is 33.8 Å². The minimum Gasteiger partial charge on any atom is -0.467 e. The molecule has 144 valence electrons. The Morgan fingerprint density at radius 2 is 2.00 bits per heavy atom. The quantitative estimate of drug-likeness (QED) is 0.717. The summed E-state index contributed by atoms with van der Waals surface area (Å²) in [5.41, 5.74) is 0.298.